The van der Waals surface area contributed by atoms with E-state index in [9.17, 15) is 10.5 Å². The maximum atomic E-state index is 9.88. The zero-order chi connectivity index (χ0) is 23.3. The molecule has 0 bridgehead atoms. The van der Waals surface area contributed by atoms with Crippen LogP contribution in [0.4, 0.5) is 5.69 Å². The van der Waals surface area contributed by atoms with Crippen LogP contribution in [-0.4, -0.2) is 4.98 Å². The summed E-state index contributed by atoms with van der Waals surface area (Å²) in [5.74, 6) is 0. The van der Waals surface area contributed by atoms with Gasteiger partial charge in [0, 0.05) is 23.6 Å². The van der Waals surface area contributed by atoms with Crippen molar-refractivity contribution in [3.8, 4) is 23.3 Å². The van der Waals surface area contributed by atoms with Crippen LogP contribution in [0.3, 0.4) is 0 Å². The van der Waals surface area contributed by atoms with Crippen molar-refractivity contribution in [3.05, 3.63) is 132 Å². The minimum atomic E-state index is -0.218. The average molecular weight is 437 g/mol. The molecule has 4 heteroatoms. The molecule has 0 aliphatic heterocycles. The maximum absolute atomic E-state index is 9.88. The fourth-order valence-electron chi connectivity index (χ4n) is 4.27. The maximum Gasteiger partial charge on any atom is 0.0998 e. The molecular weight excluding hydrogens is 416 g/mol. The lowest BCUT2D eigenvalue weighted by atomic mass is 9.90. The van der Waals surface area contributed by atoms with Crippen LogP contribution in [-0.2, 0) is 0 Å². The highest BCUT2D eigenvalue weighted by molar-refractivity contribution is 5.98. The first-order valence-corrected chi connectivity index (χ1v) is 11.0. The van der Waals surface area contributed by atoms with Gasteiger partial charge in [0.05, 0.1) is 29.3 Å². The second kappa shape index (κ2) is 9.28. The molecule has 0 radical (unpaired) electrons. The Labute approximate surface area is 198 Å². The monoisotopic (exact) mass is 436 g/mol. The lowest BCUT2D eigenvalue weighted by Gasteiger charge is -2.22. The molecule has 5 rings (SSSR count). The van der Waals surface area contributed by atoms with E-state index in [1.807, 2.05) is 66.9 Å². The van der Waals surface area contributed by atoms with E-state index in [-0.39, 0.29) is 6.04 Å². The predicted molar refractivity (Wildman–Crippen MR) is 135 cm³/mol. The summed E-state index contributed by atoms with van der Waals surface area (Å²) < 4.78 is 0. The van der Waals surface area contributed by atoms with Gasteiger partial charge in [-0.15, -0.1) is 0 Å². The van der Waals surface area contributed by atoms with Crippen molar-refractivity contribution in [2.24, 2.45) is 0 Å². The Bertz CT molecular complexity index is 1550. The molecule has 0 saturated heterocycles. The van der Waals surface area contributed by atoms with Crippen LogP contribution in [0.5, 0.6) is 0 Å². The Morgan fingerprint density at radius 3 is 2.38 bits per heavy atom. The Morgan fingerprint density at radius 1 is 0.706 bits per heavy atom. The summed E-state index contributed by atoms with van der Waals surface area (Å²) in [7, 11) is 0. The average Bonchev–Trinajstić information content (AvgIpc) is 2.91. The van der Waals surface area contributed by atoms with E-state index in [2.05, 4.69) is 52.8 Å². The second-order valence-corrected chi connectivity index (χ2v) is 8.00. The predicted octanol–water partition coefficient (Wildman–Crippen LogP) is 6.85. The van der Waals surface area contributed by atoms with Gasteiger partial charge in [-0.2, -0.15) is 10.5 Å². The first kappa shape index (κ1) is 20.9. The number of aromatic nitrogens is 1. The third-order valence-electron chi connectivity index (χ3n) is 5.90. The topological polar surface area (TPSA) is 72.5 Å². The van der Waals surface area contributed by atoms with Crippen molar-refractivity contribution in [2.45, 2.75) is 6.04 Å². The molecule has 34 heavy (non-hydrogen) atoms. The van der Waals surface area contributed by atoms with Gasteiger partial charge >= 0.3 is 0 Å². The van der Waals surface area contributed by atoms with Gasteiger partial charge in [-0.05, 0) is 63.9 Å². The van der Waals surface area contributed by atoms with Gasteiger partial charge in [-0.3, -0.25) is 4.98 Å². The van der Waals surface area contributed by atoms with Crippen LogP contribution in [0.15, 0.2) is 109 Å². The third kappa shape index (κ3) is 4.09. The fraction of sp³-hybridized carbons (Fsp3) is 0.0333. The van der Waals surface area contributed by atoms with Gasteiger partial charge in [0.15, 0.2) is 0 Å². The number of hydrogen-bond donors (Lipinski definition) is 1. The number of rotatable bonds is 5. The molecule has 0 aliphatic rings. The number of nitrogens with one attached hydrogen (secondary N) is 1. The second-order valence-electron chi connectivity index (χ2n) is 8.00. The van der Waals surface area contributed by atoms with Crippen molar-refractivity contribution in [3.63, 3.8) is 0 Å². The highest BCUT2D eigenvalue weighted by Crippen LogP contribution is 2.35. The molecule has 1 heterocycles. The van der Waals surface area contributed by atoms with E-state index in [0.717, 1.165) is 38.7 Å². The number of nitriles is 2. The van der Waals surface area contributed by atoms with Crippen LogP contribution in [0.1, 0.15) is 28.3 Å². The Morgan fingerprint density at radius 2 is 1.56 bits per heavy atom. The smallest absolute Gasteiger partial charge is 0.0998 e. The van der Waals surface area contributed by atoms with E-state index in [1.54, 1.807) is 12.3 Å². The number of anilines is 1. The van der Waals surface area contributed by atoms with Gasteiger partial charge in [0.2, 0.25) is 0 Å². The number of hydrogen-bond acceptors (Lipinski definition) is 4. The number of fused-ring (bicyclic) bond motifs is 1. The van der Waals surface area contributed by atoms with Crippen molar-refractivity contribution in [1.82, 2.24) is 4.98 Å². The summed E-state index contributed by atoms with van der Waals surface area (Å²) in [5.41, 5.74) is 5.94. The summed E-state index contributed by atoms with van der Waals surface area (Å²) in [6.07, 6.45) is 3.58. The zero-order valence-corrected chi connectivity index (χ0v) is 18.3. The molecule has 1 N–H and O–H groups in total. The lowest BCUT2D eigenvalue weighted by molar-refractivity contribution is 0.928. The highest BCUT2D eigenvalue weighted by atomic mass is 14.9. The molecule has 0 fully saturated rings. The van der Waals surface area contributed by atoms with Gasteiger partial charge in [0.25, 0.3) is 0 Å². The van der Waals surface area contributed by atoms with Gasteiger partial charge in [-0.1, -0.05) is 60.7 Å². The number of nitrogens with zero attached hydrogens (tertiary/aromatic N) is 3. The molecule has 4 aromatic carbocycles. The summed E-state index contributed by atoms with van der Waals surface area (Å²) in [6.45, 7) is 0. The van der Waals surface area contributed by atoms with E-state index < -0.39 is 0 Å². The lowest BCUT2D eigenvalue weighted by Crippen LogP contribution is -2.13. The van der Waals surface area contributed by atoms with E-state index in [0.29, 0.717) is 11.1 Å². The SMILES string of the molecule is N#Cc1cccc(NC(c2cccnc2)c2ccc(C#N)c(-c3cccc4ccccc34)c2)c1. The highest BCUT2D eigenvalue weighted by Gasteiger charge is 2.18. The van der Waals surface area contributed by atoms with E-state index in [4.69, 9.17) is 0 Å². The molecule has 0 spiro atoms. The molecular formula is C30H20N4. The first-order valence-electron chi connectivity index (χ1n) is 11.0. The molecule has 0 amide bonds. The van der Waals surface area contributed by atoms with Crippen molar-refractivity contribution >= 4 is 16.5 Å². The molecule has 0 aliphatic carbocycles. The van der Waals surface area contributed by atoms with Crippen LogP contribution < -0.4 is 5.32 Å². The summed E-state index contributed by atoms with van der Waals surface area (Å²) in [4.78, 5) is 4.32. The molecule has 0 saturated carbocycles. The van der Waals surface area contributed by atoms with Crippen LogP contribution in [0, 0.1) is 22.7 Å². The Balaban J connectivity index is 1.67. The number of pyridine rings is 1. The van der Waals surface area contributed by atoms with Crippen molar-refractivity contribution < 1.29 is 0 Å². The quantitative estimate of drug-likeness (QED) is 0.327. The van der Waals surface area contributed by atoms with Gasteiger partial charge in [0.1, 0.15) is 0 Å². The summed E-state index contributed by atoms with van der Waals surface area (Å²) in [6, 6.07) is 36.0. The van der Waals surface area contributed by atoms with Gasteiger partial charge in [-0.25, -0.2) is 0 Å². The van der Waals surface area contributed by atoms with Crippen LogP contribution >= 0.6 is 0 Å². The number of benzene rings is 4. The van der Waals surface area contributed by atoms with Crippen molar-refractivity contribution in [2.75, 3.05) is 5.32 Å². The van der Waals surface area contributed by atoms with Crippen molar-refractivity contribution in [1.29, 1.82) is 10.5 Å². The van der Waals surface area contributed by atoms with Crippen LogP contribution in [0.25, 0.3) is 21.9 Å². The minimum absolute atomic E-state index is 0.218. The molecule has 5 aromatic rings. The largest absolute Gasteiger partial charge is 0.374 e. The van der Waals surface area contributed by atoms with E-state index in [1.165, 1.54) is 0 Å². The van der Waals surface area contributed by atoms with E-state index >= 15 is 0 Å². The summed E-state index contributed by atoms with van der Waals surface area (Å²) in [5, 5.41) is 25.0. The first-order chi connectivity index (χ1) is 16.8. The van der Waals surface area contributed by atoms with Gasteiger partial charge < -0.3 is 5.32 Å². The normalized spacial score (nSPS) is 11.4. The van der Waals surface area contributed by atoms with Crippen LogP contribution in [0.2, 0.25) is 0 Å². The molecule has 1 atom stereocenters. The molecule has 1 unspecified atom stereocenters. The summed E-state index contributed by atoms with van der Waals surface area (Å²) >= 11 is 0. The minimum Gasteiger partial charge on any atom is -0.374 e. The fourth-order valence-corrected chi connectivity index (χ4v) is 4.27. The Kier molecular flexibility index (Phi) is 5.72. The Hall–Kier alpha value is -4.93. The molecule has 4 nitrogen and oxygen atoms in total. The zero-order valence-electron chi connectivity index (χ0n) is 18.3. The third-order valence-corrected chi connectivity index (χ3v) is 5.90. The molecule has 160 valence electrons. The standard InChI is InChI=1S/C30H20N4/c31-18-21-6-3-10-26(16-21)34-30(25-9-5-15-33-20-25)23-13-14-24(19-32)29(17-23)28-12-4-8-22-7-1-2-11-27(22)28/h1-17,20,30,34H. The molecule has 1 aromatic heterocycles.